The van der Waals surface area contributed by atoms with Crippen molar-refractivity contribution in [1.82, 2.24) is 9.97 Å². The van der Waals surface area contributed by atoms with Crippen molar-refractivity contribution in [3.63, 3.8) is 0 Å². The van der Waals surface area contributed by atoms with E-state index in [0.717, 1.165) is 15.4 Å². The Balaban J connectivity index is 1.71. The molecule has 2 aromatic heterocycles. The quantitative estimate of drug-likeness (QED) is 0.764. The van der Waals surface area contributed by atoms with Crippen molar-refractivity contribution in [2.45, 2.75) is 6.61 Å². The lowest BCUT2D eigenvalue weighted by molar-refractivity contribution is 0.155. The van der Waals surface area contributed by atoms with Crippen LogP contribution in [0, 0.1) is 0 Å². The van der Waals surface area contributed by atoms with Gasteiger partial charge in [0.25, 0.3) is 0 Å². The number of carbonyl (C=O) groups excluding carboxylic acids is 1. The van der Waals surface area contributed by atoms with Gasteiger partial charge in [0.05, 0.1) is 0 Å². The van der Waals surface area contributed by atoms with E-state index >= 15 is 0 Å². The molecule has 0 unspecified atom stereocenters. The maximum absolute atomic E-state index is 11.9. The minimum atomic E-state index is -0.562. The van der Waals surface area contributed by atoms with Crippen molar-refractivity contribution in [1.29, 1.82) is 0 Å². The molecule has 0 atom stereocenters. The molecule has 2 heterocycles. The van der Waals surface area contributed by atoms with Crippen LogP contribution in [0.15, 0.2) is 59.3 Å². The van der Waals surface area contributed by atoms with Crippen molar-refractivity contribution < 1.29 is 9.53 Å². The maximum Gasteiger partial charge on any atom is 0.413 e. The van der Waals surface area contributed by atoms with Gasteiger partial charge >= 0.3 is 6.09 Å². The first-order valence-electron chi connectivity index (χ1n) is 6.60. The van der Waals surface area contributed by atoms with Crippen LogP contribution in [0.2, 0.25) is 0 Å². The summed E-state index contributed by atoms with van der Waals surface area (Å²) in [5.74, 6) is 0.378. The van der Waals surface area contributed by atoms with Crippen LogP contribution in [0.3, 0.4) is 0 Å². The van der Waals surface area contributed by atoms with Crippen molar-refractivity contribution >= 4 is 38.7 Å². The van der Waals surface area contributed by atoms with Crippen LogP contribution < -0.4 is 5.32 Å². The highest BCUT2D eigenvalue weighted by atomic mass is 79.9. The number of pyridine rings is 2. The number of ether oxygens (including phenoxy) is 1. The van der Waals surface area contributed by atoms with Gasteiger partial charge in [0, 0.05) is 22.3 Å². The predicted octanol–water partition coefficient (Wildman–Crippen LogP) is 4.14. The van der Waals surface area contributed by atoms with Gasteiger partial charge in [-0.3, -0.25) is 10.3 Å². The normalized spacial score (nSPS) is 10.4. The van der Waals surface area contributed by atoms with E-state index in [1.54, 1.807) is 12.4 Å². The van der Waals surface area contributed by atoms with Gasteiger partial charge in [-0.25, -0.2) is 9.78 Å². The molecule has 3 rings (SSSR count). The molecule has 1 N–H and O–H groups in total. The van der Waals surface area contributed by atoms with E-state index in [-0.39, 0.29) is 6.61 Å². The number of hydrogen-bond acceptors (Lipinski definition) is 4. The fourth-order valence-corrected chi connectivity index (χ4v) is 2.33. The first-order chi connectivity index (χ1) is 10.7. The van der Waals surface area contributed by atoms with Crippen molar-refractivity contribution in [3.8, 4) is 0 Å². The number of benzene rings is 1. The first-order valence-corrected chi connectivity index (χ1v) is 7.39. The average Bonchev–Trinajstić information content (AvgIpc) is 2.54. The molecule has 0 spiro atoms. The van der Waals surface area contributed by atoms with E-state index in [4.69, 9.17) is 4.74 Å². The standard InChI is InChI=1S/C16H12BrN3O2/c17-13-8-12-6-7-18-15(14(12)19-9-13)20-16(21)22-10-11-4-2-1-3-5-11/h1-9H,10H2,(H,18,20,21). The van der Waals surface area contributed by atoms with Gasteiger partial charge in [-0.15, -0.1) is 0 Å². The summed E-state index contributed by atoms with van der Waals surface area (Å²) in [5, 5.41) is 3.50. The van der Waals surface area contributed by atoms with Crippen molar-refractivity contribution in [2.75, 3.05) is 5.32 Å². The number of nitrogens with zero attached hydrogens (tertiary/aromatic N) is 2. The third-order valence-electron chi connectivity index (χ3n) is 3.00. The molecule has 1 aromatic carbocycles. The lowest BCUT2D eigenvalue weighted by Gasteiger charge is -2.08. The number of aromatic nitrogens is 2. The number of amides is 1. The number of fused-ring (bicyclic) bond motifs is 1. The Kier molecular flexibility index (Phi) is 4.29. The number of rotatable bonds is 3. The van der Waals surface area contributed by atoms with Crippen LogP contribution in [0.5, 0.6) is 0 Å². The van der Waals surface area contributed by atoms with Gasteiger partial charge in [-0.05, 0) is 33.6 Å². The Hall–Kier alpha value is -2.47. The third kappa shape index (κ3) is 3.40. The van der Waals surface area contributed by atoms with E-state index in [1.807, 2.05) is 42.5 Å². The highest BCUT2D eigenvalue weighted by Gasteiger charge is 2.09. The Morgan fingerprint density at radius 1 is 1.18 bits per heavy atom. The summed E-state index contributed by atoms with van der Waals surface area (Å²) in [6, 6.07) is 13.2. The summed E-state index contributed by atoms with van der Waals surface area (Å²) < 4.78 is 6.04. The van der Waals surface area contributed by atoms with Gasteiger partial charge in [-0.2, -0.15) is 0 Å². The molecule has 0 saturated heterocycles. The third-order valence-corrected chi connectivity index (χ3v) is 3.43. The summed E-state index contributed by atoms with van der Waals surface area (Å²) in [4.78, 5) is 20.3. The van der Waals surface area contributed by atoms with Crippen LogP contribution in [-0.4, -0.2) is 16.1 Å². The highest BCUT2D eigenvalue weighted by molar-refractivity contribution is 9.10. The summed E-state index contributed by atoms with van der Waals surface area (Å²) >= 11 is 3.36. The van der Waals surface area contributed by atoms with Gasteiger partial charge in [0.15, 0.2) is 5.82 Å². The molecule has 0 aliphatic carbocycles. The van der Waals surface area contributed by atoms with E-state index in [0.29, 0.717) is 11.3 Å². The number of anilines is 1. The minimum absolute atomic E-state index is 0.205. The molecule has 0 aliphatic heterocycles. The monoisotopic (exact) mass is 357 g/mol. The molecule has 0 radical (unpaired) electrons. The second-order valence-electron chi connectivity index (χ2n) is 4.57. The zero-order chi connectivity index (χ0) is 15.4. The Labute approximate surface area is 135 Å². The van der Waals surface area contributed by atoms with E-state index < -0.39 is 6.09 Å². The van der Waals surface area contributed by atoms with Crippen LogP contribution >= 0.6 is 15.9 Å². The molecule has 0 aliphatic rings. The minimum Gasteiger partial charge on any atom is -0.444 e. The van der Waals surface area contributed by atoms with Crippen molar-refractivity contribution in [2.24, 2.45) is 0 Å². The van der Waals surface area contributed by atoms with Crippen molar-refractivity contribution in [3.05, 3.63) is 64.9 Å². The zero-order valence-electron chi connectivity index (χ0n) is 11.5. The highest BCUT2D eigenvalue weighted by Crippen LogP contribution is 2.22. The van der Waals surface area contributed by atoms with E-state index in [1.165, 1.54) is 0 Å². The molecule has 110 valence electrons. The molecular weight excluding hydrogens is 346 g/mol. The Morgan fingerprint density at radius 3 is 2.82 bits per heavy atom. The summed E-state index contributed by atoms with van der Waals surface area (Å²) in [6.07, 6.45) is 2.71. The molecule has 0 fully saturated rings. The molecule has 0 bridgehead atoms. The number of carbonyl (C=O) groups is 1. The molecule has 3 aromatic rings. The average molecular weight is 358 g/mol. The fraction of sp³-hybridized carbons (Fsp3) is 0.0625. The van der Waals surface area contributed by atoms with Gasteiger partial charge in [0.1, 0.15) is 12.1 Å². The second kappa shape index (κ2) is 6.53. The van der Waals surface area contributed by atoms with Gasteiger partial charge in [-0.1, -0.05) is 30.3 Å². The van der Waals surface area contributed by atoms with E-state index in [2.05, 4.69) is 31.2 Å². The van der Waals surface area contributed by atoms with Gasteiger partial charge < -0.3 is 4.74 Å². The SMILES string of the molecule is O=C(Nc1nccc2cc(Br)cnc12)OCc1ccccc1. The lowest BCUT2D eigenvalue weighted by atomic mass is 10.2. The topological polar surface area (TPSA) is 64.1 Å². The fourth-order valence-electron chi connectivity index (χ4n) is 1.98. The summed E-state index contributed by atoms with van der Waals surface area (Å²) in [7, 11) is 0. The molecule has 6 heteroatoms. The predicted molar refractivity (Wildman–Crippen MR) is 87.5 cm³/mol. The smallest absolute Gasteiger partial charge is 0.413 e. The summed E-state index contributed by atoms with van der Waals surface area (Å²) in [5.41, 5.74) is 1.54. The molecule has 22 heavy (non-hydrogen) atoms. The molecule has 0 saturated carbocycles. The van der Waals surface area contributed by atoms with E-state index in [9.17, 15) is 4.79 Å². The lowest BCUT2D eigenvalue weighted by Crippen LogP contribution is -2.15. The Morgan fingerprint density at radius 2 is 2.00 bits per heavy atom. The zero-order valence-corrected chi connectivity index (χ0v) is 13.1. The van der Waals surface area contributed by atoms with Gasteiger partial charge in [0.2, 0.25) is 0 Å². The van der Waals surface area contributed by atoms with Crippen LogP contribution in [-0.2, 0) is 11.3 Å². The largest absolute Gasteiger partial charge is 0.444 e. The molecular formula is C16H12BrN3O2. The molecule has 1 amide bonds. The maximum atomic E-state index is 11.9. The number of hydrogen-bond donors (Lipinski definition) is 1. The second-order valence-corrected chi connectivity index (χ2v) is 5.49. The number of halogens is 1. The first kappa shape index (κ1) is 14.5. The summed E-state index contributed by atoms with van der Waals surface area (Å²) in [6.45, 7) is 0.205. The van der Waals surface area contributed by atoms with Crippen LogP contribution in [0.25, 0.3) is 10.9 Å². The Bertz CT molecular complexity index is 809. The molecule has 5 nitrogen and oxygen atoms in total. The number of nitrogens with one attached hydrogen (secondary N) is 1. The van der Waals surface area contributed by atoms with Crippen LogP contribution in [0.4, 0.5) is 10.6 Å². The van der Waals surface area contributed by atoms with Crippen LogP contribution in [0.1, 0.15) is 5.56 Å².